The van der Waals surface area contributed by atoms with Gasteiger partial charge in [0, 0.05) is 26.3 Å². The summed E-state index contributed by atoms with van der Waals surface area (Å²) < 4.78 is 0. The zero-order valence-electron chi connectivity index (χ0n) is 10.7. The number of carbonyl (C=O) groups is 1. The minimum Gasteiger partial charge on any atom is -0.507 e. The van der Waals surface area contributed by atoms with Crippen LogP contribution in [0.1, 0.15) is 22.8 Å². The Hall–Kier alpha value is -1.16. The second-order valence-electron chi connectivity index (χ2n) is 4.26. The molecule has 0 unspecified atom stereocenters. The molecule has 0 saturated heterocycles. The van der Waals surface area contributed by atoms with Gasteiger partial charge in [0.2, 0.25) is 0 Å². The molecule has 2 aromatic carbocycles. The third kappa shape index (κ3) is 3.69. The lowest BCUT2D eigenvalue weighted by Gasteiger charge is -2.09. The Labute approximate surface area is 131 Å². The van der Waals surface area contributed by atoms with Gasteiger partial charge in [0.1, 0.15) is 5.75 Å². The highest BCUT2D eigenvalue weighted by Crippen LogP contribution is 2.33. The van der Waals surface area contributed by atoms with Crippen LogP contribution < -0.4 is 0 Å². The molecule has 20 heavy (non-hydrogen) atoms. The quantitative estimate of drug-likeness (QED) is 0.620. The average Bonchev–Trinajstić information content (AvgIpc) is 2.41. The zero-order chi connectivity index (χ0) is 14.7. The van der Waals surface area contributed by atoms with Crippen LogP contribution >= 0.6 is 35.0 Å². The maximum absolute atomic E-state index is 11.4. The molecule has 0 saturated carbocycles. The van der Waals surface area contributed by atoms with Crippen LogP contribution in [0.25, 0.3) is 0 Å². The predicted octanol–water partition coefficient (Wildman–Crippen LogP) is 5.19. The van der Waals surface area contributed by atoms with E-state index in [1.165, 1.54) is 24.8 Å². The molecule has 0 amide bonds. The van der Waals surface area contributed by atoms with Crippen molar-refractivity contribution in [1.29, 1.82) is 0 Å². The number of hydrogen-bond acceptors (Lipinski definition) is 3. The van der Waals surface area contributed by atoms with E-state index >= 15 is 0 Å². The van der Waals surface area contributed by atoms with Crippen molar-refractivity contribution >= 4 is 40.7 Å². The largest absolute Gasteiger partial charge is 0.507 e. The van der Waals surface area contributed by atoms with Gasteiger partial charge in [-0.1, -0.05) is 23.2 Å². The van der Waals surface area contributed by atoms with E-state index in [9.17, 15) is 9.90 Å². The van der Waals surface area contributed by atoms with Crippen molar-refractivity contribution in [2.45, 2.75) is 17.6 Å². The van der Waals surface area contributed by atoms with Gasteiger partial charge in [0.15, 0.2) is 5.78 Å². The molecule has 0 aliphatic carbocycles. The topological polar surface area (TPSA) is 37.3 Å². The molecule has 2 nitrogen and oxygen atoms in total. The molecule has 0 aliphatic rings. The number of rotatable bonds is 4. The minimum absolute atomic E-state index is 0.00311. The highest BCUT2D eigenvalue weighted by atomic mass is 35.5. The molecule has 104 valence electrons. The lowest BCUT2D eigenvalue weighted by Crippen LogP contribution is -1.96. The van der Waals surface area contributed by atoms with Gasteiger partial charge in [-0.3, -0.25) is 4.79 Å². The first kappa shape index (κ1) is 15.2. The van der Waals surface area contributed by atoms with E-state index in [0.29, 0.717) is 21.4 Å². The van der Waals surface area contributed by atoms with E-state index in [1.807, 2.05) is 24.3 Å². The fourth-order valence-corrected chi connectivity index (χ4v) is 2.96. The van der Waals surface area contributed by atoms with E-state index in [4.69, 9.17) is 23.2 Å². The number of benzene rings is 2. The van der Waals surface area contributed by atoms with Gasteiger partial charge in [-0.05, 0) is 43.3 Å². The Balaban J connectivity index is 2.21. The van der Waals surface area contributed by atoms with Crippen molar-refractivity contribution in [3.05, 3.63) is 57.6 Å². The van der Waals surface area contributed by atoms with Crippen LogP contribution in [0.4, 0.5) is 0 Å². The zero-order valence-corrected chi connectivity index (χ0v) is 13.0. The average molecular weight is 327 g/mol. The first-order valence-corrected chi connectivity index (χ1v) is 7.62. The number of ketones is 1. The normalized spacial score (nSPS) is 10.6. The highest BCUT2D eigenvalue weighted by molar-refractivity contribution is 7.98. The first-order valence-electron chi connectivity index (χ1n) is 5.88. The van der Waals surface area contributed by atoms with Crippen molar-refractivity contribution in [3.8, 4) is 5.75 Å². The molecule has 1 N–H and O–H groups in total. The van der Waals surface area contributed by atoms with Crippen molar-refractivity contribution in [2.75, 3.05) is 0 Å². The molecule has 0 atom stereocenters. The van der Waals surface area contributed by atoms with Crippen LogP contribution in [0, 0.1) is 0 Å². The maximum atomic E-state index is 11.4. The van der Waals surface area contributed by atoms with Crippen LogP contribution in [-0.4, -0.2) is 10.9 Å². The molecule has 0 spiro atoms. The number of hydrogen-bond donors (Lipinski definition) is 1. The summed E-state index contributed by atoms with van der Waals surface area (Å²) in [6.07, 6.45) is 0. The summed E-state index contributed by atoms with van der Waals surface area (Å²) in [5.74, 6) is 0.319. The third-order valence-corrected chi connectivity index (χ3v) is 4.27. The standard InChI is InChI=1S/C15H12Cl2O2S/c1-9(18)14-7-12(17)6-10(15(14)19)8-20-13-4-2-11(16)3-5-13/h2-7,19H,8H2,1H3. The molecule has 5 heteroatoms. The fourth-order valence-electron chi connectivity index (χ4n) is 1.73. The van der Waals surface area contributed by atoms with Crippen molar-refractivity contribution in [1.82, 2.24) is 0 Å². The molecule has 2 aromatic rings. The van der Waals surface area contributed by atoms with Gasteiger partial charge in [-0.25, -0.2) is 0 Å². The van der Waals surface area contributed by atoms with E-state index in [-0.39, 0.29) is 17.1 Å². The monoisotopic (exact) mass is 326 g/mol. The van der Waals surface area contributed by atoms with Crippen LogP contribution in [0.15, 0.2) is 41.3 Å². The fraction of sp³-hybridized carbons (Fsp3) is 0.133. The second kappa shape index (κ2) is 6.53. The summed E-state index contributed by atoms with van der Waals surface area (Å²) in [6, 6.07) is 10.6. The van der Waals surface area contributed by atoms with Crippen LogP contribution in [-0.2, 0) is 5.75 Å². The van der Waals surface area contributed by atoms with Crippen LogP contribution in [0.5, 0.6) is 5.75 Å². The van der Waals surface area contributed by atoms with E-state index in [2.05, 4.69) is 0 Å². The number of halogens is 2. The van der Waals surface area contributed by atoms with E-state index < -0.39 is 0 Å². The molecular formula is C15H12Cl2O2S. The molecule has 2 rings (SSSR count). The summed E-state index contributed by atoms with van der Waals surface area (Å²) in [5, 5.41) is 11.2. The number of phenolic OH excluding ortho intramolecular Hbond substituents is 1. The molecule has 0 radical (unpaired) electrons. The van der Waals surface area contributed by atoms with E-state index in [1.54, 1.807) is 6.07 Å². The maximum Gasteiger partial charge on any atom is 0.163 e. The Bertz CT molecular complexity index is 639. The van der Waals surface area contributed by atoms with E-state index in [0.717, 1.165) is 4.90 Å². The Kier molecular flexibility index (Phi) is 4.97. The molecule has 0 fully saturated rings. The lowest BCUT2D eigenvalue weighted by molar-refractivity contribution is 0.101. The summed E-state index contributed by atoms with van der Waals surface area (Å²) in [6.45, 7) is 1.40. The molecule has 0 bridgehead atoms. The van der Waals surface area contributed by atoms with Gasteiger partial charge < -0.3 is 5.11 Å². The molecule has 0 aromatic heterocycles. The molecule has 0 heterocycles. The molecular weight excluding hydrogens is 315 g/mol. The summed E-state index contributed by atoms with van der Waals surface area (Å²) in [4.78, 5) is 12.5. The Morgan fingerprint density at radius 3 is 2.40 bits per heavy atom. The summed E-state index contributed by atoms with van der Waals surface area (Å²) in [5.41, 5.74) is 0.895. The minimum atomic E-state index is -0.206. The van der Waals surface area contributed by atoms with Crippen molar-refractivity contribution < 1.29 is 9.90 Å². The van der Waals surface area contributed by atoms with Crippen LogP contribution in [0.3, 0.4) is 0 Å². The van der Waals surface area contributed by atoms with Gasteiger partial charge in [-0.2, -0.15) is 0 Å². The Morgan fingerprint density at radius 1 is 1.15 bits per heavy atom. The van der Waals surface area contributed by atoms with Crippen molar-refractivity contribution in [2.24, 2.45) is 0 Å². The first-order chi connectivity index (χ1) is 9.47. The number of thioether (sulfide) groups is 1. The summed E-state index contributed by atoms with van der Waals surface area (Å²) in [7, 11) is 0. The number of carbonyl (C=O) groups excluding carboxylic acids is 1. The summed E-state index contributed by atoms with van der Waals surface area (Å²) >= 11 is 13.3. The third-order valence-electron chi connectivity index (χ3n) is 2.74. The SMILES string of the molecule is CC(=O)c1cc(Cl)cc(CSc2ccc(Cl)cc2)c1O. The van der Waals surface area contributed by atoms with Gasteiger partial charge in [-0.15, -0.1) is 11.8 Å². The number of aromatic hydroxyl groups is 1. The Morgan fingerprint density at radius 2 is 1.80 bits per heavy atom. The van der Waals surface area contributed by atoms with Crippen LogP contribution in [0.2, 0.25) is 10.0 Å². The second-order valence-corrected chi connectivity index (χ2v) is 6.18. The highest BCUT2D eigenvalue weighted by Gasteiger charge is 2.13. The molecule has 0 aliphatic heterocycles. The van der Waals surface area contributed by atoms with Gasteiger partial charge in [0.25, 0.3) is 0 Å². The number of phenols is 1. The number of Topliss-reactive ketones (excluding diaryl/α,β-unsaturated/α-hetero) is 1. The van der Waals surface area contributed by atoms with Gasteiger partial charge >= 0.3 is 0 Å². The predicted molar refractivity (Wildman–Crippen MR) is 84.1 cm³/mol. The lowest BCUT2D eigenvalue weighted by atomic mass is 10.1. The smallest absolute Gasteiger partial charge is 0.163 e. The van der Waals surface area contributed by atoms with Gasteiger partial charge in [0.05, 0.1) is 5.56 Å². The van der Waals surface area contributed by atoms with Crippen molar-refractivity contribution in [3.63, 3.8) is 0 Å².